The van der Waals surface area contributed by atoms with E-state index in [9.17, 15) is 4.79 Å². The van der Waals surface area contributed by atoms with E-state index < -0.39 is 5.97 Å². The minimum atomic E-state index is -0.947. The Morgan fingerprint density at radius 3 is 2.84 bits per heavy atom. The molecule has 1 fully saturated rings. The quantitative estimate of drug-likeness (QED) is 0.832. The second-order valence-electron chi connectivity index (χ2n) is 4.90. The second kappa shape index (κ2) is 5.84. The van der Waals surface area contributed by atoms with Crippen LogP contribution in [0.15, 0.2) is 24.4 Å². The number of nitrogens with zero attached hydrogens (tertiary/aromatic N) is 3. The smallest absolute Gasteiger partial charge is 0.328 e. The van der Waals surface area contributed by atoms with Crippen molar-refractivity contribution in [3.63, 3.8) is 0 Å². The number of aliphatic carboxylic acids is 1. The van der Waals surface area contributed by atoms with E-state index in [-0.39, 0.29) is 0 Å². The molecular weight excluding hydrogens is 242 g/mol. The highest BCUT2D eigenvalue weighted by atomic mass is 16.4. The third-order valence-electron chi connectivity index (χ3n) is 3.47. The Labute approximate surface area is 113 Å². The molecule has 1 aliphatic heterocycles. The summed E-state index contributed by atoms with van der Waals surface area (Å²) in [4.78, 5) is 19.4. The molecular formula is C14H19N3O2. The summed E-state index contributed by atoms with van der Waals surface area (Å²) in [5.74, 6) is 0.00407. The molecule has 1 aromatic heterocycles. The molecule has 0 saturated carbocycles. The Bertz CT molecular complexity index is 470. The van der Waals surface area contributed by atoms with Gasteiger partial charge in [0.1, 0.15) is 5.82 Å². The maximum Gasteiger partial charge on any atom is 0.328 e. The molecule has 0 radical (unpaired) electrons. The molecule has 1 aromatic rings. The molecule has 1 unspecified atom stereocenters. The minimum absolute atomic E-state index is 0.516. The van der Waals surface area contributed by atoms with Crippen molar-refractivity contribution in [2.75, 3.05) is 31.6 Å². The average molecular weight is 261 g/mol. The van der Waals surface area contributed by atoms with Crippen molar-refractivity contribution in [2.45, 2.75) is 13.0 Å². The zero-order valence-electron chi connectivity index (χ0n) is 11.3. The highest BCUT2D eigenvalue weighted by Crippen LogP contribution is 2.16. The first-order chi connectivity index (χ1) is 9.06. The van der Waals surface area contributed by atoms with Gasteiger partial charge in [-0.2, -0.15) is 0 Å². The molecule has 5 nitrogen and oxygen atoms in total. The van der Waals surface area contributed by atoms with Gasteiger partial charge < -0.3 is 14.9 Å². The summed E-state index contributed by atoms with van der Waals surface area (Å²) < 4.78 is 0. The average Bonchev–Trinajstić information content (AvgIpc) is 2.40. The summed E-state index contributed by atoms with van der Waals surface area (Å²) in [6, 6.07) is 4.35. The van der Waals surface area contributed by atoms with Crippen molar-refractivity contribution in [1.82, 2.24) is 9.88 Å². The first-order valence-corrected chi connectivity index (χ1v) is 6.38. The highest BCUT2D eigenvalue weighted by Gasteiger charge is 2.21. The van der Waals surface area contributed by atoms with Crippen LogP contribution < -0.4 is 4.90 Å². The third kappa shape index (κ3) is 3.54. The van der Waals surface area contributed by atoms with Crippen LogP contribution in [0.5, 0.6) is 0 Å². The number of piperazine rings is 1. The molecule has 0 aromatic carbocycles. The van der Waals surface area contributed by atoms with Crippen LogP contribution in [0, 0.1) is 0 Å². The van der Waals surface area contributed by atoms with Crippen LogP contribution in [-0.4, -0.2) is 53.7 Å². The number of carbonyl (C=O) groups is 1. The van der Waals surface area contributed by atoms with Crippen molar-refractivity contribution in [3.8, 4) is 0 Å². The Morgan fingerprint density at radius 1 is 1.47 bits per heavy atom. The lowest BCUT2D eigenvalue weighted by Gasteiger charge is -2.38. The topological polar surface area (TPSA) is 56.7 Å². The summed E-state index contributed by atoms with van der Waals surface area (Å²) in [6.45, 7) is 5.17. The fourth-order valence-electron chi connectivity index (χ4n) is 2.11. The van der Waals surface area contributed by atoms with E-state index in [1.807, 2.05) is 12.1 Å². The van der Waals surface area contributed by atoms with Crippen molar-refractivity contribution < 1.29 is 9.90 Å². The molecule has 0 aliphatic carbocycles. The SMILES string of the molecule is CC1CN(c2ccc(/C=C/C(=O)O)cn2)CCN1C. The number of anilines is 1. The van der Waals surface area contributed by atoms with Gasteiger partial charge in [0.15, 0.2) is 0 Å². The Morgan fingerprint density at radius 2 is 2.26 bits per heavy atom. The van der Waals surface area contributed by atoms with E-state index in [1.54, 1.807) is 12.3 Å². The van der Waals surface area contributed by atoms with Gasteiger partial charge in [-0.05, 0) is 37.7 Å². The third-order valence-corrected chi connectivity index (χ3v) is 3.47. The lowest BCUT2D eigenvalue weighted by molar-refractivity contribution is -0.131. The van der Waals surface area contributed by atoms with Crippen molar-refractivity contribution in [3.05, 3.63) is 30.0 Å². The zero-order chi connectivity index (χ0) is 13.8. The van der Waals surface area contributed by atoms with Crippen LogP contribution in [0.3, 0.4) is 0 Å². The number of likely N-dealkylation sites (N-methyl/N-ethyl adjacent to an activating group) is 1. The molecule has 1 saturated heterocycles. The van der Waals surface area contributed by atoms with Crippen LogP contribution >= 0.6 is 0 Å². The zero-order valence-corrected chi connectivity index (χ0v) is 11.3. The summed E-state index contributed by atoms with van der Waals surface area (Å²) in [7, 11) is 2.13. The number of aromatic nitrogens is 1. The van der Waals surface area contributed by atoms with Gasteiger partial charge in [-0.15, -0.1) is 0 Å². The molecule has 1 atom stereocenters. The van der Waals surface area contributed by atoms with Crippen LogP contribution in [0.4, 0.5) is 5.82 Å². The first kappa shape index (κ1) is 13.5. The molecule has 102 valence electrons. The standard InChI is InChI=1S/C14H19N3O2/c1-11-10-17(8-7-16(11)2)13-5-3-12(9-15-13)4-6-14(18)19/h3-6,9,11H,7-8,10H2,1-2H3,(H,18,19)/b6-4+. The number of rotatable bonds is 3. The van der Waals surface area contributed by atoms with E-state index in [0.717, 1.165) is 37.1 Å². The summed E-state index contributed by atoms with van der Waals surface area (Å²) >= 11 is 0. The molecule has 0 spiro atoms. The van der Waals surface area contributed by atoms with E-state index in [2.05, 4.69) is 28.8 Å². The Kier molecular flexibility index (Phi) is 4.16. The maximum atomic E-state index is 10.4. The maximum absolute atomic E-state index is 10.4. The molecule has 2 heterocycles. The van der Waals surface area contributed by atoms with Gasteiger partial charge in [-0.1, -0.05) is 0 Å². The number of carboxylic acid groups (broad SMARTS) is 1. The number of hydrogen-bond acceptors (Lipinski definition) is 4. The van der Waals surface area contributed by atoms with Crippen LogP contribution in [-0.2, 0) is 4.79 Å². The van der Waals surface area contributed by atoms with Gasteiger partial charge in [0.2, 0.25) is 0 Å². The van der Waals surface area contributed by atoms with Gasteiger partial charge in [-0.3, -0.25) is 0 Å². The van der Waals surface area contributed by atoms with Gasteiger partial charge in [0, 0.05) is 37.9 Å². The Hall–Kier alpha value is -1.88. The van der Waals surface area contributed by atoms with Gasteiger partial charge in [-0.25, -0.2) is 9.78 Å². The monoisotopic (exact) mass is 261 g/mol. The summed E-state index contributed by atoms with van der Waals surface area (Å²) in [6.07, 6.45) is 4.37. The summed E-state index contributed by atoms with van der Waals surface area (Å²) in [5.41, 5.74) is 0.799. The minimum Gasteiger partial charge on any atom is -0.478 e. The molecule has 2 rings (SSSR count). The van der Waals surface area contributed by atoms with Crippen molar-refractivity contribution in [2.24, 2.45) is 0 Å². The van der Waals surface area contributed by atoms with Crippen LogP contribution in [0.2, 0.25) is 0 Å². The van der Waals surface area contributed by atoms with Crippen LogP contribution in [0.25, 0.3) is 6.08 Å². The Balaban J connectivity index is 2.04. The lowest BCUT2D eigenvalue weighted by Crippen LogP contribution is -2.50. The molecule has 0 bridgehead atoms. The molecule has 1 aliphatic rings. The van der Waals surface area contributed by atoms with Crippen molar-refractivity contribution >= 4 is 17.9 Å². The second-order valence-corrected chi connectivity index (χ2v) is 4.90. The fourth-order valence-corrected chi connectivity index (χ4v) is 2.11. The van der Waals surface area contributed by atoms with E-state index in [4.69, 9.17) is 5.11 Å². The van der Waals surface area contributed by atoms with Gasteiger partial charge in [0.25, 0.3) is 0 Å². The predicted octanol–water partition coefficient (Wildman–Crippen LogP) is 1.32. The summed E-state index contributed by atoms with van der Waals surface area (Å²) in [5, 5.41) is 8.57. The first-order valence-electron chi connectivity index (χ1n) is 6.38. The van der Waals surface area contributed by atoms with E-state index >= 15 is 0 Å². The molecule has 5 heteroatoms. The van der Waals surface area contributed by atoms with Gasteiger partial charge in [0.05, 0.1) is 0 Å². The lowest BCUT2D eigenvalue weighted by atomic mass is 10.2. The molecule has 1 N–H and O–H groups in total. The largest absolute Gasteiger partial charge is 0.478 e. The van der Waals surface area contributed by atoms with E-state index in [1.165, 1.54) is 0 Å². The predicted molar refractivity (Wildman–Crippen MR) is 75.2 cm³/mol. The number of carboxylic acids is 1. The molecule has 0 amide bonds. The van der Waals surface area contributed by atoms with Crippen molar-refractivity contribution in [1.29, 1.82) is 0 Å². The normalized spacial score (nSPS) is 20.9. The highest BCUT2D eigenvalue weighted by molar-refractivity contribution is 5.85. The fraction of sp³-hybridized carbons (Fsp3) is 0.429. The number of hydrogen-bond donors (Lipinski definition) is 1. The molecule has 19 heavy (non-hydrogen) atoms. The number of pyridine rings is 1. The van der Waals surface area contributed by atoms with Gasteiger partial charge >= 0.3 is 5.97 Å². The van der Waals surface area contributed by atoms with E-state index in [0.29, 0.717) is 6.04 Å². The van der Waals surface area contributed by atoms with Crippen LogP contribution in [0.1, 0.15) is 12.5 Å².